The molecular weight excluding hydrogens is 352 g/mol. The van der Waals surface area contributed by atoms with Crippen molar-refractivity contribution in [2.45, 2.75) is 19.4 Å². The Hall–Kier alpha value is -2.96. The number of carbonyl (C=O) groups excluding carboxylic acids is 2. The lowest BCUT2D eigenvalue weighted by atomic mass is 10.1. The van der Waals surface area contributed by atoms with Gasteiger partial charge in [-0.3, -0.25) is 4.79 Å². The fourth-order valence-corrected chi connectivity index (χ4v) is 3.19. The topological polar surface area (TPSA) is 52.7 Å². The van der Waals surface area contributed by atoms with Gasteiger partial charge in [0.1, 0.15) is 11.6 Å². The minimum absolute atomic E-state index is 0.00989. The van der Waals surface area contributed by atoms with Gasteiger partial charge in [-0.25, -0.2) is 13.6 Å². The number of hydrogen-bond donors (Lipinski definition) is 1. The maximum atomic E-state index is 13.4. The number of urea groups is 1. The number of likely N-dealkylation sites (tertiary alicyclic amines) is 1. The standard InChI is InChI=1S/C20H21F2N3O2/c1-13(26)25-8-7-19(12-25)24(2)20(27)23-18-5-3-14(4-6-18)15-9-16(21)11-17(22)10-15/h3-6,9-11,19H,7-8,12H2,1-2H3,(H,23,27)/t19-/m0/s1. The van der Waals surface area contributed by atoms with E-state index in [9.17, 15) is 18.4 Å². The average molecular weight is 373 g/mol. The first-order chi connectivity index (χ1) is 12.8. The highest BCUT2D eigenvalue weighted by molar-refractivity contribution is 5.89. The van der Waals surface area contributed by atoms with Gasteiger partial charge in [-0.15, -0.1) is 0 Å². The largest absolute Gasteiger partial charge is 0.341 e. The molecule has 2 aromatic carbocycles. The average Bonchev–Trinajstić information content (AvgIpc) is 3.11. The van der Waals surface area contributed by atoms with Crippen molar-refractivity contribution in [2.75, 3.05) is 25.5 Å². The molecule has 0 bridgehead atoms. The van der Waals surface area contributed by atoms with E-state index in [4.69, 9.17) is 0 Å². The smallest absolute Gasteiger partial charge is 0.321 e. The lowest BCUT2D eigenvalue weighted by molar-refractivity contribution is -0.127. The van der Waals surface area contributed by atoms with Gasteiger partial charge in [0.2, 0.25) is 5.91 Å². The molecule has 1 atom stereocenters. The van der Waals surface area contributed by atoms with Crippen LogP contribution in [-0.2, 0) is 4.79 Å². The molecule has 5 nitrogen and oxygen atoms in total. The number of likely N-dealkylation sites (N-methyl/N-ethyl adjacent to an activating group) is 1. The van der Waals surface area contributed by atoms with E-state index in [2.05, 4.69) is 5.32 Å². The predicted molar refractivity (Wildman–Crippen MR) is 99.2 cm³/mol. The van der Waals surface area contributed by atoms with Crippen LogP contribution in [0.1, 0.15) is 13.3 Å². The second-order valence-electron chi connectivity index (χ2n) is 6.68. The Morgan fingerprint density at radius 3 is 2.26 bits per heavy atom. The zero-order chi connectivity index (χ0) is 19.6. The van der Waals surface area contributed by atoms with Gasteiger partial charge < -0.3 is 15.1 Å². The molecule has 7 heteroatoms. The van der Waals surface area contributed by atoms with Crippen molar-refractivity contribution in [1.29, 1.82) is 0 Å². The van der Waals surface area contributed by atoms with Gasteiger partial charge in [0.25, 0.3) is 0 Å². The highest BCUT2D eigenvalue weighted by Gasteiger charge is 2.29. The maximum absolute atomic E-state index is 13.4. The molecular formula is C20H21F2N3O2. The summed E-state index contributed by atoms with van der Waals surface area (Å²) in [6.45, 7) is 2.70. The lowest BCUT2D eigenvalue weighted by Crippen LogP contribution is -2.41. The quantitative estimate of drug-likeness (QED) is 0.892. The normalized spacial score (nSPS) is 16.3. The Bertz CT molecular complexity index is 835. The molecule has 1 aliphatic rings. The minimum Gasteiger partial charge on any atom is -0.341 e. The second-order valence-corrected chi connectivity index (χ2v) is 6.68. The van der Waals surface area contributed by atoms with Gasteiger partial charge in [-0.05, 0) is 41.8 Å². The maximum Gasteiger partial charge on any atom is 0.321 e. The third-order valence-corrected chi connectivity index (χ3v) is 4.81. The molecule has 27 heavy (non-hydrogen) atoms. The van der Waals surface area contributed by atoms with Crippen LogP contribution in [0.25, 0.3) is 11.1 Å². The van der Waals surface area contributed by atoms with Gasteiger partial charge in [-0.1, -0.05) is 12.1 Å². The lowest BCUT2D eigenvalue weighted by Gasteiger charge is -2.25. The molecule has 1 saturated heterocycles. The van der Waals surface area contributed by atoms with E-state index in [1.54, 1.807) is 41.1 Å². The molecule has 0 radical (unpaired) electrons. The number of carbonyl (C=O) groups is 2. The highest BCUT2D eigenvalue weighted by atomic mass is 19.1. The number of anilines is 1. The van der Waals surface area contributed by atoms with Crippen molar-refractivity contribution in [3.05, 3.63) is 54.1 Å². The third kappa shape index (κ3) is 4.42. The Balaban J connectivity index is 1.64. The summed E-state index contributed by atoms with van der Waals surface area (Å²) >= 11 is 0. The molecule has 142 valence electrons. The van der Waals surface area contributed by atoms with Crippen LogP contribution in [0.15, 0.2) is 42.5 Å². The van der Waals surface area contributed by atoms with Crippen LogP contribution >= 0.6 is 0 Å². The summed E-state index contributed by atoms with van der Waals surface area (Å²) < 4.78 is 26.7. The predicted octanol–water partition coefficient (Wildman–Crippen LogP) is 3.72. The van der Waals surface area contributed by atoms with Crippen molar-refractivity contribution in [2.24, 2.45) is 0 Å². The summed E-state index contributed by atoms with van der Waals surface area (Å²) in [6, 6.07) is 9.79. The summed E-state index contributed by atoms with van der Waals surface area (Å²) in [5.41, 5.74) is 1.65. The number of nitrogens with zero attached hydrogens (tertiary/aromatic N) is 2. The molecule has 0 aliphatic carbocycles. The van der Waals surface area contributed by atoms with Crippen molar-refractivity contribution in [1.82, 2.24) is 9.80 Å². The first kappa shape index (κ1) is 18.8. The second kappa shape index (κ2) is 7.73. The molecule has 0 aromatic heterocycles. The van der Waals surface area contributed by atoms with Crippen LogP contribution in [0.4, 0.5) is 19.3 Å². The first-order valence-corrected chi connectivity index (χ1v) is 8.69. The van der Waals surface area contributed by atoms with E-state index in [0.29, 0.717) is 29.9 Å². The van der Waals surface area contributed by atoms with E-state index in [-0.39, 0.29) is 18.0 Å². The summed E-state index contributed by atoms with van der Waals surface area (Å²) in [5.74, 6) is -1.27. The SMILES string of the molecule is CC(=O)N1CC[C@H](N(C)C(=O)Nc2ccc(-c3cc(F)cc(F)c3)cc2)C1. The number of amides is 3. The monoisotopic (exact) mass is 373 g/mol. The number of halogens is 2. The zero-order valence-electron chi connectivity index (χ0n) is 15.2. The summed E-state index contributed by atoms with van der Waals surface area (Å²) in [6.07, 6.45) is 0.744. The van der Waals surface area contributed by atoms with E-state index < -0.39 is 11.6 Å². The molecule has 2 aromatic rings. The van der Waals surface area contributed by atoms with Crippen LogP contribution < -0.4 is 5.32 Å². The van der Waals surface area contributed by atoms with Crippen molar-refractivity contribution in [3.8, 4) is 11.1 Å². The fourth-order valence-electron chi connectivity index (χ4n) is 3.19. The van der Waals surface area contributed by atoms with Crippen molar-refractivity contribution >= 4 is 17.6 Å². The molecule has 1 heterocycles. The zero-order valence-corrected chi connectivity index (χ0v) is 15.2. The van der Waals surface area contributed by atoms with Crippen LogP contribution in [0.2, 0.25) is 0 Å². The summed E-state index contributed by atoms with van der Waals surface area (Å²) in [4.78, 5) is 27.2. The first-order valence-electron chi connectivity index (χ1n) is 8.69. The molecule has 3 amide bonds. The van der Waals surface area contributed by atoms with Gasteiger partial charge >= 0.3 is 6.03 Å². The van der Waals surface area contributed by atoms with E-state index in [0.717, 1.165) is 12.5 Å². The van der Waals surface area contributed by atoms with Gasteiger partial charge in [0.15, 0.2) is 0 Å². The van der Waals surface area contributed by atoms with Gasteiger partial charge in [0.05, 0.1) is 6.04 Å². The van der Waals surface area contributed by atoms with Crippen LogP contribution in [0, 0.1) is 11.6 Å². The van der Waals surface area contributed by atoms with Crippen LogP contribution in [-0.4, -0.2) is 47.9 Å². The van der Waals surface area contributed by atoms with E-state index in [1.165, 1.54) is 19.1 Å². The minimum atomic E-state index is -0.639. The Morgan fingerprint density at radius 2 is 1.70 bits per heavy atom. The van der Waals surface area contributed by atoms with Gasteiger partial charge in [0, 0.05) is 38.8 Å². The van der Waals surface area contributed by atoms with Crippen LogP contribution in [0.3, 0.4) is 0 Å². The molecule has 1 fully saturated rings. The number of hydrogen-bond acceptors (Lipinski definition) is 2. The van der Waals surface area contributed by atoms with Crippen LogP contribution in [0.5, 0.6) is 0 Å². The molecule has 1 aliphatic heterocycles. The van der Waals surface area contributed by atoms with Gasteiger partial charge in [-0.2, -0.15) is 0 Å². The number of nitrogens with one attached hydrogen (secondary N) is 1. The van der Waals surface area contributed by atoms with E-state index in [1.807, 2.05) is 0 Å². The summed E-state index contributed by atoms with van der Waals surface area (Å²) in [5, 5.41) is 2.80. The van der Waals surface area contributed by atoms with Crippen molar-refractivity contribution in [3.63, 3.8) is 0 Å². The molecule has 3 rings (SSSR count). The Morgan fingerprint density at radius 1 is 1.07 bits per heavy atom. The molecule has 0 unspecified atom stereocenters. The molecule has 1 N–H and O–H groups in total. The number of benzene rings is 2. The third-order valence-electron chi connectivity index (χ3n) is 4.81. The fraction of sp³-hybridized carbons (Fsp3) is 0.300. The Kier molecular flexibility index (Phi) is 5.39. The van der Waals surface area contributed by atoms with E-state index >= 15 is 0 Å². The molecule has 0 saturated carbocycles. The highest BCUT2D eigenvalue weighted by Crippen LogP contribution is 2.24. The number of rotatable bonds is 3. The molecule has 0 spiro atoms. The Labute approximate surface area is 156 Å². The summed E-state index contributed by atoms with van der Waals surface area (Å²) in [7, 11) is 1.70. The van der Waals surface area contributed by atoms with Crippen molar-refractivity contribution < 1.29 is 18.4 Å².